The van der Waals surface area contributed by atoms with Gasteiger partial charge in [0.1, 0.15) is 5.54 Å². The highest BCUT2D eigenvalue weighted by atomic mass is 32.1. The molecule has 0 bridgehead atoms. The van der Waals surface area contributed by atoms with E-state index in [9.17, 15) is 19.2 Å². The van der Waals surface area contributed by atoms with Crippen molar-refractivity contribution >= 4 is 35.0 Å². The summed E-state index contributed by atoms with van der Waals surface area (Å²) < 4.78 is 0. The van der Waals surface area contributed by atoms with Gasteiger partial charge in [-0.3, -0.25) is 19.3 Å². The zero-order chi connectivity index (χ0) is 25.0. The molecule has 2 aliphatic rings. The maximum absolute atomic E-state index is 13.5. The number of carbonyl (C=O) groups is 4. The third-order valence-electron chi connectivity index (χ3n) is 7.37. The molecule has 0 saturated carbocycles. The molecule has 186 valence electrons. The second kappa shape index (κ2) is 10.7. The topological polar surface area (TPSA) is 99.7 Å². The zero-order valence-corrected chi connectivity index (χ0v) is 21.1. The monoisotopic (exact) mass is 496 g/mol. The SMILES string of the molecule is CCC1(C2CCN(C(=O)CCC(=O)c3ccccc3)CC2)NC(=O)N(CCc2scnc2C)C1=O. The van der Waals surface area contributed by atoms with Crippen LogP contribution in [0.4, 0.5) is 4.79 Å². The third kappa shape index (κ3) is 5.15. The fraction of sp³-hybridized carbons (Fsp3) is 0.500. The Morgan fingerprint density at radius 2 is 1.86 bits per heavy atom. The first-order valence-electron chi connectivity index (χ1n) is 12.2. The highest BCUT2D eigenvalue weighted by molar-refractivity contribution is 7.09. The Hall–Kier alpha value is -3.07. The van der Waals surface area contributed by atoms with Crippen LogP contribution in [0, 0.1) is 12.8 Å². The van der Waals surface area contributed by atoms with Gasteiger partial charge in [-0.15, -0.1) is 11.3 Å². The van der Waals surface area contributed by atoms with Crippen LogP contribution in [0.5, 0.6) is 0 Å². The van der Waals surface area contributed by atoms with Gasteiger partial charge in [0.25, 0.3) is 5.91 Å². The van der Waals surface area contributed by atoms with Gasteiger partial charge in [-0.1, -0.05) is 37.3 Å². The lowest BCUT2D eigenvalue weighted by molar-refractivity contribution is -0.136. The quantitative estimate of drug-likeness (QED) is 0.422. The number of Topliss-reactive ketones (excluding diaryl/α,β-unsaturated/α-hetero) is 1. The molecule has 1 N–H and O–H groups in total. The highest BCUT2D eigenvalue weighted by Gasteiger charge is 2.54. The molecule has 0 aliphatic carbocycles. The number of carbonyl (C=O) groups excluding carboxylic acids is 4. The van der Waals surface area contributed by atoms with E-state index >= 15 is 0 Å². The maximum Gasteiger partial charge on any atom is 0.325 e. The number of amides is 4. The van der Waals surface area contributed by atoms with E-state index in [0.29, 0.717) is 50.9 Å². The number of thiazole rings is 1. The Bertz CT molecular complexity index is 1090. The first kappa shape index (κ1) is 25.0. The molecule has 1 aromatic carbocycles. The van der Waals surface area contributed by atoms with Crippen molar-refractivity contribution in [1.82, 2.24) is 20.1 Å². The molecule has 2 saturated heterocycles. The van der Waals surface area contributed by atoms with Crippen LogP contribution in [0.1, 0.15) is 60.0 Å². The summed E-state index contributed by atoms with van der Waals surface area (Å²) in [6.45, 7) is 5.24. The van der Waals surface area contributed by atoms with Gasteiger partial charge in [-0.05, 0) is 32.1 Å². The van der Waals surface area contributed by atoms with Crippen LogP contribution >= 0.6 is 11.3 Å². The third-order valence-corrected chi connectivity index (χ3v) is 8.37. The van der Waals surface area contributed by atoms with Gasteiger partial charge < -0.3 is 10.2 Å². The summed E-state index contributed by atoms with van der Waals surface area (Å²) in [4.78, 5) is 59.7. The molecule has 3 heterocycles. The smallest absolute Gasteiger partial charge is 0.325 e. The van der Waals surface area contributed by atoms with Crippen LogP contribution in [-0.4, -0.2) is 63.6 Å². The molecule has 0 spiro atoms. The summed E-state index contributed by atoms with van der Waals surface area (Å²) in [5.74, 6) is -0.271. The molecule has 9 heteroatoms. The fourth-order valence-electron chi connectivity index (χ4n) is 5.20. The number of nitrogens with zero attached hydrogens (tertiary/aromatic N) is 3. The number of rotatable bonds is 9. The van der Waals surface area contributed by atoms with Gasteiger partial charge in [-0.2, -0.15) is 0 Å². The Kier molecular flexibility index (Phi) is 7.64. The average molecular weight is 497 g/mol. The van der Waals surface area contributed by atoms with Gasteiger partial charge >= 0.3 is 6.03 Å². The lowest BCUT2D eigenvalue weighted by Gasteiger charge is -2.40. The van der Waals surface area contributed by atoms with Gasteiger partial charge in [-0.25, -0.2) is 9.78 Å². The van der Waals surface area contributed by atoms with Crippen LogP contribution in [-0.2, 0) is 16.0 Å². The van der Waals surface area contributed by atoms with E-state index in [1.165, 1.54) is 16.2 Å². The molecule has 2 fully saturated rings. The lowest BCUT2D eigenvalue weighted by Crippen LogP contribution is -2.56. The number of ketones is 1. The summed E-state index contributed by atoms with van der Waals surface area (Å²) in [5.41, 5.74) is 2.42. The average Bonchev–Trinajstić information content (AvgIpc) is 3.41. The Morgan fingerprint density at radius 3 is 2.49 bits per heavy atom. The standard InChI is InChI=1S/C26H32N4O4S/c1-3-26(24(33)30(25(34)28-26)16-13-22-18(2)27-17-35-22)20-11-14-29(15-12-20)23(32)10-9-21(31)19-7-5-4-6-8-19/h4-8,17,20H,3,9-16H2,1-2H3,(H,28,34). The van der Waals surface area contributed by atoms with Crippen LogP contribution in [0.3, 0.4) is 0 Å². The molecule has 35 heavy (non-hydrogen) atoms. The summed E-state index contributed by atoms with van der Waals surface area (Å²) >= 11 is 1.54. The number of aromatic nitrogens is 1. The van der Waals surface area contributed by atoms with E-state index in [4.69, 9.17) is 0 Å². The molecule has 1 atom stereocenters. The van der Waals surface area contributed by atoms with Crippen molar-refractivity contribution < 1.29 is 19.2 Å². The summed E-state index contributed by atoms with van der Waals surface area (Å²) in [5, 5.41) is 3.01. The first-order valence-corrected chi connectivity index (χ1v) is 13.1. The number of likely N-dealkylation sites (tertiary alicyclic amines) is 1. The van der Waals surface area contributed by atoms with Crippen molar-refractivity contribution in [3.8, 4) is 0 Å². The molecule has 2 aromatic rings. The van der Waals surface area contributed by atoms with E-state index in [1.54, 1.807) is 22.5 Å². The number of hydrogen-bond acceptors (Lipinski definition) is 6. The molecule has 8 nitrogen and oxygen atoms in total. The van der Waals surface area contributed by atoms with E-state index in [0.717, 1.165) is 10.6 Å². The summed E-state index contributed by atoms with van der Waals surface area (Å²) in [6, 6.07) is 8.67. The Labute approximate surface area is 209 Å². The minimum atomic E-state index is -0.918. The van der Waals surface area contributed by atoms with E-state index < -0.39 is 5.54 Å². The van der Waals surface area contributed by atoms with Gasteiger partial charge in [0, 0.05) is 49.3 Å². The van der Waals surface area contributed by atoms with Crippen LogP contribution in [0.2, 0.25) is 0 Å². The lowest BCUT2D eigenvalue weighted by atomic mass is 9.75. The van der Waals surface area contributed by atoms with Crippen LogP contribution < -0.4 is 5.32 Å². The van der Waals surface area contributed by atoms with Gasteiger partial charge in [0.2, 0.25) is 5.91 Å². The predicted octanol–water partition coefficient (Wildman–Crippen LogP) is 3.60. The van der Waals surface area contributed by atoms with Gasteiger partial charge in [0.15, 0.2) is 5.78 Å². The molecule has 4 amide bonds. The van der Waals surface area contributed by atoms with Crippen LogP contribution in [0.25, 0.3) is 0 Å². The number of aryl methyl sites for hydroxylation is 1. The largest absolute Gasteiger partial charge is 0.343 e. The molecule has 2 aliphatic heterocycles. The zero-order valence-electron chi connectivity index (χ0n) is 20.3. The minimum Gasteiger partial charge on any atom is -0.343 e. The first-order chi connectivity index (χ1) is 16.9. The van der Waals surface area contributed by atoms with E-state index in [-0.39, 0.29) is 42.4 Å². The Balaban J connectivity index is 1.32. The number of piperidine rings is 1. The maximum atomic E-state index is 13.5. The van der Waals surface area contributed by atoms with Crippen molar-refractivity contribution in [3.05, 3.63) is 52.0 Å². The highest BCUT2D eigenvalue weighted by Crippen LogP contribution is 2.36. The molecular formula is C26H32N4O4S. The minimum absolute atomic E-state index is 0.0332. The summed E-state index contributed by atoms with van der Waals surface area (Å²) in [7, 11) is 0. The fourth-order valence-corrected chi connectivity index (χ4v) is 5.97. The van der Waals surface area contributed by atoms with Crippen molar-refractivity contribution in [2.24, 2.45) is 5.92 Å². The second-order valence-corrected chi connectivity index (χ2v) is 10.2. The molecule has 0 radical (unpaired) electrons. The van der Waals surface area contributed by atoms with Crippen molar-refractivity contribution in [2.75, 3.05) is 19.6 Å². The van der Waals surface area contributed by atoms with Crippen LogP contribution in [0.15, 0.2) is 35.8 Å². The number of imide groups is 1. The van der Waals surface area contributed by atoms with Gasteiger partial charge in [0.05, 0.1) is 11.2 Å². The van der Waals surface area contributed by atoms with Crippen molar-refractivity contribution in [1.29, 1.82) is 0 Å². The number of benzene rings is 1. The Morgan fingerprint density at radius 1 is 1.14 bits per heavy atom. The summed E-state index contributed by atoms with van der Waals surface area (Å²) in [6.07, 6.45) is 2.75. The predicted molar refractivity (Wildman–Crippen MR) is 133 cm³/mol. The number of hydrogen-bond donors (Lipinski definition) is 1. The van der Waals surface area contributed by atoms with E-state index in [2.05, 4.69) is 10.3 Å². The van der Waals surface area contributed by atoms with Crippen molar-refractivity contribution in [3.63, 3.8) is 0 Å². The molecular weight excluding hydrogens is 464 g/mol. The molecule has 1 unspecified atom stereocenters. The molecule has 1 aromatic heterocycles. The number of nitrogens with one attached hydrogen (secondary N) is 1. The van der Waals surface area contributed by atoms with Crippen molar-refractivity contribution in [2.45, 2.75) is 57.9 Å². The normalized spacial score (nSPS) is 20.9. The number of urea groups is 1. The second-order valence-electron chi connectivity index (χ2n) is 9.27. The molecule has 4 rings (SSSR count). The van der Waals surface area contributed by atoms with E-state index in [1.807, 2.05) is 32.0 Å².